The van der Waals surface area contributed by atoms with Crippen LogP contribution in [0.5, 0.6) is 0 Å². The van der Waals surface area contributed by atoms with Gasteiger partial charge in [0.15, 0.2) is 0 Å². The van der Waals surface area contributed by atoms with E-state index in [4.69, 9.17) is 4.74 Å². The second-order valence-electron chi connectivity index (χ2n) is 7.03. The quantitative estimate of drug-likeness (QED) is 0.715. The third kappa shape index (κ3) is 2.51. The molecule has 3 rings (SSSR count). The zero-order valence-corrected chi connectivity index (χ0v) is 13.7. The zero-order chi connectivity index (χ0) is 16.0. The molecule has 0 aliphatic carbocycles. The van der Waals surface area contributed by atoms with Gasteiger partial charge in [0.2, 0.25) is 11.8 Å². The van der Waals surface area contributed by atoms with Gasteiger partial charge in [0.05, 0.1) is 13.2 Å². The Hall–Kier alpha value is -1.18. The number of likely N-dealkylation sites (tertiary alicyclic amines) is 1. The van der Waals surface area contributed by atoms with Gasteiger partial charge in [-0.15, -0.1) is 0 Å². The first-order chi connectivity index (χ1) is 10.4. The highest BCUT2D eigenvalue weighted by atomic mass is 16.5. The number of rotatable bonds is 2. The van der Waals surface area contributed by atoms with Crippen LogP contribution in [-0.2, 0) is 14.3 Å². The Morgan fingerprint density at radius 2 is 2.00 bits per heavy atom. The average molecular weight is 310 g/mol. The Bertz CT molecular complexity index is 475. The van der Waals surface area contributed by atoms with Crippen molar-refractivity contribution in [1.29, 1.82) is 0 Å². The first kappa shape index (κ1) is 15.7. The minimum atomic E-state index is -0.433. The van der Waals surface area contributed by atoms with Gasteiger partial charge in [0.1, 0.15) is 5.66 Å². The van der Waals surface area contributed by atoms with Gasteiger partial charge in [-0.25, -0.2) is 0 Å². The van der Waals surface area contributed by atoms with Gasteiger partial charge < -0.3 is 14.5 Å². The van der Waals surface area contributed by atoms with Crippen LogP contribution < -0.4 is 5.32 Å². The van der Waals surface area contributed by atoms with Crippen LogP contribution >= 0.6 is 0 Å². The van der Waals surface area contributed by atoms with Crippen molar-refractivity contribution in [3.05, 3.63) is 0 Å². The Labute approximate surface area is 131 Å². The number of carbonyl (C=O) groups is 2. The summed E-state index contributed by atoms with van der Waals surface area (Å²) in [4.78, 5) is 29.9. The molecule has 1 N–H and O–H groups in total. The molecule has 3 aliphatic rings. The van der Waals surface area contributed by atoms with Crippen molar-refractivity contribution in [3.8, 4) is 0 Å². The van der Waals surface area contributed by atoms with Crippen molar-refractivity contribution >= 4 is 11.8 Å². The van der Waals surface area contributed by atoms with Gasteiger partial charge in [-0.3, -0.25) is 19.8 Å². The number of hydrogen-bond donors (Lipinski definition) is 1. The Kier molecular flexibility index (Phi) is 3.91. The van der Waals surface area contributed by atoms with E-state index < -0.39 is 5.66 Å². The maximum atomic E-state index is 12.5. The van der Waals surface area contributed by atoms with E-state index in [-0.39, 0.29) is 17.4 Å². The van der Waals surface area contributed by atoms with Crippen molar-refractivity contribution in [2.45, 2.75) is 31.0 Å². The third-order valence-corrected chi connectivity index (χ3v) is 5.26. The Balaban J connectivity index is 1.80. The van der Waals surface area contributed by atoms with E-state index in [1.807, 2.05) is 16.8 Å². The molecule has 22 heavy (non-hydrogen) atoms. The molecule has 0 aromatic rings. The molecule has 7 nitrogen and oxygen atoms in total. The highest BCUT2D eigenvalue weighted by Crippen LogP contribution is 2.37. The van der Waals surface area contributed by atoms with Crippen molar-refractivity contribution < 1.29 is 14.3 Å². The van der Waals surface area contributed by atoms with E-state index in [0.717, 1.165) is 39.0 Å². The fourth-order valence-corrected chi connectivity index (χ4v) is 4.26. The molecule has 3 aliphatic heterocycles. The normalized spacial score (nSPS) is 31.7. The molecule has 1 unspecified atom stereocenters. The van der Waals surface area contributed by atoms with Crippen molar-refractivity contribution in [2.75, 3.05) is 53.5 Å². The van der Waals surface area contributed by atoms with Crippen LogP contribution in [0.4, 0.5) is 0 Å². The summed E-state index contributed by atoms with van der Waals surface area (Å²) in [7, 11) is 3.65. The number of piperidine rings is 1. The van der Waals surface area contributed by atoms with Crippen LogP contribution in [0.2, 0.25) is 0 Å². The summed E-state index contributed by atoms with van der Waals surface area (Å²) >= 11 is 0. The predicted octanol–water partition coefficient (Wildman–Crippen LogP) is -0.913. The fraction of sp³-hybridized carbons (Fsp3) is 0.867. The lowest BCUT2D eigenvalue weighted by atomic mass is 9.88. The summed E-state index contributed by atoms with van der Waals surface area (Å²) in [6.07, 6.45) is 1.76. The van der Waals surface area contributed by atoms with Gasteiger partial charge in [-0.05, 0) is 19.9 Å². The van der Waals surface area contributed by atoms with E-state index in [2.05, 4.69) is 10.2 Å². The molecule has 0 aromatic heterocycles. The number of nitrogens with one attached hydrogen (secondary N) is 1. The third-order valence-electron chi connectivity index (χ3n) is 5.26. The van der Waals surface area contributed by atoms with E-state index in [1.54, 1.807) is 14.0 Å². The van der Waals surface area contributed by atoms with Crippen LogP contribution in [0.1, 0.15) is 19.8 Å². The van der Waals surface area contributed by atoms with Crippen LogP contribution in [0.15, 0.2) is 0 Å². The number of piperazine rings is 1. The summed E-state index contributed by atoms with van der Waals surface area (Å²) in [6, 6.07) is 0. The van der Waals surface area contributed by atoms with Crippen LogP contribution in [0, 0.1) is 0 Å². The van der Waals surface area contributed by atoms with Gasteiger partial charge in [0, 0.05) is 45.8 Å². The molecular weight excluding hydrogens is 284 g/mol. The maximum Gasteiger partial charge on any atom is 0.238 e. The van der Waals surface area contributed by atoms with Crippen LogP contribution in [0.25, 0.3) is 0 Å². The van der Waals surface area contributed by atoms with Crippen LogP contribution in [0.3, 0.4) is 0 Å². The number of amides is 2. The van der Waals surface area contributed by atoms with E-state index in [0.29, 0.717) is 13.2 Å². The molecule has 7 heteroatoms. The van der Waals surface area contributed by atoms with Gasteiger partial charge in [-0.1, -0.05) is 0 Å². The molecular formula is C15H26N4O3. The van der Waals surface area contributed by atoms with E-state index in [9.17, 15) is 9.59 Å². The number of ether oxygens (including phenoxy) is 1. The molecule has 3 heterocycles. The van der Waals surface area contributed by atoms with Crippen molar-refractivity contribution in [3.63, 3.8) is 0 Å². The van der Waals surface area contributed by atoms with Crippen molar-refractivity contribution in [1.82, 2.24) is 20.0 Å². The lowest BCUT2D eigenvalue weighted by Gasteiger charge is -2.45. The standard InChI is InChI=1S/C15H26N4O3/c1-12(20)18-6-4-14(5-7-18)9-19-13(21)8-17(2)10-15(19,16-14)11-22-3/h16H,4-11H2,1-3H3. The summed E-state index contributed by atoms with van der Waals surface area (Å²) < 4.78 is 5.43. The molecule has 3 fully saturated rings. The lowest BCUT2D eigenvalue weighted by Crippen LogP contribution is -2.68. The molecule has 0 radical (unpaired) electrons. The van der Waals surface area contributed by atoms with Gasteiger partial charge >= 0.3 is 0 Å². The molecule has 2 amide bonds. The molecule has 0 bridgehead atoms. The molecule has 0 aromatic carbocycles. The summed E-state index contributed by atoms with van der Waals surface area (Å²) in [6.45, 7) is 5.56. The lowest BCUT2D eigenvalue weighted by molar-refractivity contribution is -0.146. The summed E-state index contributed by atoms with van der Waals surface area (Å²) in [5, 5.41) is 3.74. The first-order valence-electron chi connectivity index (χ1n) is 7.93. The van der Waals surface area contributed by atoms with E-state index >= 15 is 0 Å². The number of methoxy groups -OCH3 is 1. The van der Waals surface area contributed by atoms with Crippen molar-refractivity contribution in [2.24, 2.45) is 0 Å². The largest absolute Gasteiger partial charge is 0.381 e. The maximum absolute atomic E-state index is 12.5. The molecule has 1 spiro atoms. The summed E-state index contributed by atoms with van der Waals surface area (Å²) in [5.74, 6) is 0.289. The molecule has 3 saturated heterocycles. The van der Waals surface area contributed by atoms with E-state index in [1.165, 1.54) is 0 Å². The van der Waals surface area contributed by atoms with Crippen LogP contribution in [-0.4, -0.2) is 91.2 Å². The number of fused-ring (bicyclic) bond motifs is 1. The highest BCUT2D eigenvalue weighted by Gasteiger charge is 2.57. The molecule has 124 valence electrons. The summed E-state index contributed by atoms with van der Waals surface area (Å²) in [5.41, 5.74) is -0.525. The highest BCUT2D eigenvalue weighted by molar-refractivity contribution is 5.80. The number of likely N-dealkylation sites (N-methyl/N-ethyl adjacent to an activating group) is 1. The second-order valence-corrected chi connectivity index (χ2v) is 7.03. The predicted molar refractivity (Wildman–Crippen MR) is 81.2 cm³/mol. The first-order valence-corrected chi connectivity index (χ1v) is 7.93. The number of nitrogens with zero attached hydrogens (tertiary/aromatic N) is 3. The Morgan fingerprint density at radius 1 is 1.32 bits per heavy atom. The number of hydrogen-bond acceptors (Lipinski definition) is 5. The fourth-order valence-electron chi connectivity index (χ4n) is 4.26. The SMILES string of the molecule is COCC12CN(C)CC(=O)N1CC1(CCN(C(C)=O)CC1)N2. The average Bonchev–Trinajstić information content (AvgIpc) is 2.74. The smallest absolute Gasteiger partial charge is 0.238 e. The van der Waals surface area contributed by atoms with Gasteiger partial charge in [-0.2, -0.15) is 0 Å². The minimum absolute atomic E-state index is 0.0919. The second kappa shape index (κ2) is 5.47. The zero-order valence-electron chi connectivity index (χ0n) is 13.7. The topological polar surface area (TPSA) is 65.1 Å². The van der Waals surface area contributed by atoms with Gasteiger partial charge in [0.25, 0.3) is 0 Å². The minimum Gasteiger partial charge on any atom is -0.381 e. The molecule has 1 atom stereocenters. The molecule has 0 saturated carbocycles. The Morgan fingerprint density at radius 3 is 2.59 bits per heavy atom. The number of carbonyl (C=O) groups excluding carboxylic acids is 2. The monoisotopic (exact) mass is 310 g/mol.